The summed E-state index contributed by atoms with van der Waals surface area (Å²) < 4.78 is 12.6. The van der Waals surface area contributed by atoms with Gasteiger partial charge in [0.05, 0.1) is 24.9 Å². The lowest BCUT2D eigenvalue weighted by molar-refractivity contribution is -0.0347. The standard InChI is InChI=1S/C20H32O3Si/c1-15-18(21)12-17(22-14-16-10-8-7-9-11-16)13-19(15)23-24(5,6)20(2,3)4/h7-11,17-19,21H,1,12-14H2,2-6H3/t17?,18?,19-/m1/s1. The van der Waals surface area contributed by atoms with E-state index in [1.165, 1.54) is 0 Å². The molecule has 1 aliphatic carbocycles. The van der Waals surface area contributed by atoms with Crippen LogP contribution >= 0.6 is 0 Å². The van der Waals surface area contributed by atoms with Crippen LogP contribution in [0.25, 0.3) is 0 Å². The molecule has 1 N–H and O–H groups in total. The SMILES string of the molecule is C=C1C(O)CC(OCc2ccccc2)C[C@H]1O[Si](C)(C)C(C)(C)C. The van der Waals surface area contributed by atoms with Crippen molar-refractivity contribution in [1.82, 2.24) is 0 Å². The van der Waals surface area contributed by atoms with E-state index in [1.54, 1.807) is 0 Å². The van der Waals surface area contributed by atoms with Crippen LogP contribution < -0.4 is 0 Å². The van der Waals surface area contributed by atoms with Crippen molar-refractivity contribution >= 4 is 8.32 Å². The van der Waals surface area contributed by atoms with Crippen molar-refractivity contribution in [2.45, 2.75) is 76.7 Å². The fourth-order valence-corrected chi connectivity index (χ4v) is 3.99. The highest BCUT2D eigenvalue weighted by atomic mass is 28.4. The molecular formula is C20H32O3Si. The molecule has 1 fully saturated rings. The molecule has 0 saturated heterocycles. The highest BCUT2D eigenvalue weighted by Gasteiger charge is 2.42. The van der Waals surface area contributed by atoms with Crippen LogP contribution in [0.5, 0.6) is 0 Å². The maximum atomic E-state index is 10.4. The number of ether oxygens (including phenoxy) is 1. The molecule has 1 saturated carbocycles. The third kappa shape index (κ3) is 4.79. The Labute approximate surface area is 147 Å². The van der Waals surface area contributed by atoms with Gasteiger partial charge in [0, 0.05) is 12.8 Å². The summed E-state index contributed by atoms with van der Waals surface area (Å²) in [5.41, 5.74) is 1.96. The Bertz CT molecular complexity index is 548. The van der Waals surface area contributed by atoms with Gasteiger partial charge in [-0.15, -0.1) is 0 Å². The molecule has 24 heavy (non-hydrogen) atoms. The van der Waals surface area contributed by atoms with Crippen molar-refractivity contribution < 1.29 is 14.3 Å². The summed E-state index contributed by atoms with van der Waals surface area (Å²) in [6.07, 6.45) is 0.711. The van der Waals surface area contributed by atoms with E-state index >= 15 is 0 Å². The molecule has 1 aromatic rings. The largest absolute Gasteiger partial charge is 0.410 e. The lowest BCUT2D eigenvalue weighted by Gasteiger charge is -2.43. The van der Waals surface area contributed by atoms with Crippen LogP contribution in [0, 0.1) is 0 Å². The summed E-state index contributed by atoms with van der Waals surface area (Å²) >= 11 is 0. The van der Waals surface area contributed by atoms with Crippen LogP contribution in [-0.4, -0.2) is 31.7 Å². The van der Waals surface area contributed by atoms with E-state index in [2.05, 4.69) is 52.6 Å². The van der Waals surface area contributed by atoms with Gasteiger partial charge in [-0.05, 0) is 29.3 Å². The Morgan fingerprint density at radius 2 is 1.79 bits per heavy atom. The molecule has 0 aromatic heterocycles. The van der Waals surface area contributed by atoms with E-state index < -0.39 is 14.4 Å². The minimum atomic E-state index is -1.91. The lowest BCUT2D eigenvalue weighted by Crippen LogP contribution is -2.48. The molecule has 2 rings (SSSR count). The van der Waals surface area contributed by atoms with E-state index in [1.807, 2.05) is 18.2 Å². The summed E-state index contributed by atoms with van der Waals surface area (Å²) in [7, 11) is -1.91. The average molecular weight is 349 g/mol. The molecule has 3 nitrogen and oxygen atoms in total. The van der Waals surface area contributed by atoms with E-state index in [4.69, 9.17) is 9.16 Å². The number of benzene rings is 1. The number of aliphatic hydroxyl groups is 1. The summed E-state index contributed by atoms with van der Waals surface area (Å²) in [5.74, 6) is 0. The van der Waals surface area contributed by atoms with E-state index in [9.17, 15) is 5.11 Å². The molecule has 0 radical (unpaired) electrons. The second kappa shape index (κ2) is 7.52. The molecule has 0 amide bonds. The topological polar surface area (TPSA) is 38.7 Å². The van der Waals surface area contributed by atoms with Crippen molar-refractivity contribution in [3.05, 3.63) is 48.0 Å². The van der Waals surface area contributed by atoms with Gasteiger partial charge >= 0.3 is 0 Å². The van der Waals surface area contributed by atoms with Crippen molar-refractivity contribution in [3.8, 4) is 0 Å². The Morgan fingerprint density at radius 1 is 1.17 bits per heavy atom. The third-order valence-corrected chi connectivity index (χ3v) is 9.86. The smallest absolute Gasteiger partial charge is 0.192 e. The summed E-state index contributed by atoms with van der Waals surface area (Å²) in [6, 6.07) is 10.1. The van der Waals surface area contributed by atoms with Gasteiger partial charge in [0.1, 0.15) is 0 Å². The van der Waals surface area contributed by atoms with E-state index in [0.717, 1.165) is 17.6 Å². The minimum Gasteiger partial charge on any atom is -0.410 e. The zero-order valence-electron chi connectivity index (χ0n) is 15.7. The monoisotopic (exact) mass is 348 g/mol. The van der Waals surface area contributed by atoms with E-state index in [0.29, 0.717) is 13.0 Å². The molecule has 0 aliphatic heterocycles. The summed E-state index contributed by atoms with van der Waals surface area (Å²) in [6.45, 7) is 15.8. The van der Waals surface area contributed by atoms with Crippen LogP contribution in [0.15, 0.2) is 42.5 Å². The zero-order valence-corrected chi connectivity index (χ0v) is 16.7. The maximum absolute atomic E-state index is 10.4. The maximum Gasteiger partial charge on any atom is 0.192 e. The average Bonchev–Trinajstić information content (AvgIpc) is 2.49. The predicted molar refractivity (Wildman–Crippen MR) is 101 cm³/mol. The first-order chi connectivity index (χ1) is 11.1. The van der Waals surface area contributed by atoms with Crippen LogP contribution in [0.3, 0.4) is 0 Å². The van der Waals surface area contributed by atoms with Crippen LogP contribution in [0.1, 0.15) is 39.2 Å². The Kier molecular flexibility index (Phi) is 6.08. The van der Waals surface area contributed by atoms with Gasteiger partial charge in [-0.25, -0.2) is 0 Å². The molecular weight excluding hydrogens is 316 g/mol. The second-order valence-corrected chi connectivity index (χ2v) is 13.1. The minimum absolute atomic E-state index is 0.000439. The molecule has 3 atom stereocenters. The van der Waals surface area contributed by atoms with Crippen LogP contribution in [0.4, 0.5) is 0 Å². The fraction of sp³-hybridized carbons (Fsp3) is 0.600. The lowest BCUT2D eigenvalue weighted by atomic mass is 9.88. The summed E-state index contributed by atoms with van der Waals surface area (Å²) in [4.78, 5) is 0. The molecule has 0 heterocycles. The normalized spacial score (nSPS) is 25.8. The third-order valence-electron chi connectivity index (χ3n) is 5.38. The molecule has 134 valence electrons. The molecule has 1 aromatic carbocycles. The second-order valence-electron chi connectivity index (χ2n) is 8.35. The van der Waals surface area contributed by atoms with Crippen molar-refractivity contribution in [3.63, 3.8) is 0 Å². The van der Waals surface area contributed by atoms with Gasteiger partial charge in [0.2, 0.25) is 0 Å². The van der Waals surface area contributed by atoms with Gasteiger partial charge in [-0.2, -0.15) is 0 Å². The van der Waals surface area contributed by atoms with Gasteiger partial charge in [-0.1, -0.05) is 57.7 Å². The van der Waals surface area contributed by atoms with E-state index in [-0.39, 0.29) is 17.2 Å². The molecule has 2 unspecified atom stereocenters. The Hall–Kier alpha value is -0.943. The number of hydrogen-bond donors (Lipinski definition) is 1. The first-order valence-corrected chi connectivity index (χ1v) is 11.7. The zero-order chi connectivity index (χ0) is 18.0. The first-order valence-electron chi connectivity index (χ1n) is 8.80. The highest BCUT2D eigenvalue weighted by molar-refractivity contribution is 6.74. The van der Waals surface area contributed by atoms with Gasteiger partial charge in [0.15, 0.2) is 8.32 Å². The fourth-order valence-electron chi connectivity index (χ4n) is 2.68. The van der Waals surface area contributed by atoms with Crippen LogP contribution in [-0.2, 0) is 15.8 Å². The number of aliphatic hydroxyl groups excluding tert-OH is 1. The highest BCUT2D eigenvalue weighted by Crippen LogP contribution is 2.40. The molecule has 4 heteroatoms. The first kappa shape index (κ1) is 19.4. The Morgan fingerprint density at radius 3 is 2.38 bits per heavy atom. The quantitative estimate of drug-likeness (QED) is 0.620. The molecule has 1 aliphatic rings. The molecule has 0 bridgehead atoms. The van der Waals surface area contributed by atoms with Gasteiger partial charge in [-0.3, -0.25) is 0 Å². The summed E-state index contributed by atoms with van der Waals surface area (Å²) in [5, 5.41) is 10.5. The van der Waals surface area contributed by atoms with Crippen molar-refractivity contribution in [2.24, 2.45) is 0 Å². The molecule has 0 spiro atoms. The van der Waals surface area contributed by atoms with Crippen molar-refractivity contribution in [1.29, 1.82) is 0 Å². The Balaban J connectivity index is 2.00. The number of hydrogen-bond acceptors (Lipinski definition) is 3. The van der Waals surface area contributed by atoms with Crippen molar-refractivity contribution in [2.75, 3.05) is 0 Å². The number of rotatable bonds is 5. The van der Waals surface area contributed by atoms with Crippen LogP contribution in [0.2, 0.25) is 18.1 Å². The van der Waals surface area contributed by atoms with Gasteiger partial charge < -0.3 is 14.3 Å². The van der Waals surface area contributed by atoms with Gasteiger partial charge in [0.25, 0.3) is 0 Å². The predicted octanol–water partition coefficient (Wildman–Crippen LogP) is 4.67.